The van der Waals surface area contributed by atoms with Gasteiger partial charge in [-0.2, -0.15) is 0 Å². The topological polar surface area (TPSA) is 71.2 Å². The number of anilines is 1. The van der Waals surface area contributed by atoms with Gasteiger partial charge in [0.1, 0.15) is 4.88 Å². The molecular formula is C12H22N4OS. The molecule has 0 spiro atoms. The summed E-state index contributed by atoms with van der Waals surface area (Å²) in [5, 5.41) is 3.34. The van der Waals surface area contributed by atoms with E-state index in [4.69, 9.17) is 5.73 Å². The molecule has 1 rings (SSSR count). The van der Waals surface area contributed by atoms with E-state index in [9.17, 15) is 4.79 Å². The van der Waals surface area contributed by atoms with Crippen molar-refractivity contribution in [2.24, 2.45) is 0 Å². The Labute approximate surface area is 112 Å². The normalized spacial score (nSPS) is 12.7. The van der Waals surface area contributed by atoms with Gasteiger partial charge in [-0.25, -0.2) is 4.98 Å². The molecule has 0 bridgehead atoms. The second kappa shape index (κ2) is 6.70. The number of carbonyl (C=O) groups is 1. The van der Waals surface area contributed by atoms with Crippen molar-refractivity contribution in [2.75, 3.05) is 25.9 Å². The summed E-state index contributed by atoms with van der Waals surface area (Å²) in [5.74, 6) is -0.0840. The Bertz CT molecular complexity index is 405. The Kier molecular flexibility index (Phi) is 5.55. The molecule has 0 aliphatic heterocycles. The van der Waals surface area contributed by atoms with Crippen LogP contribution in [0, 0.1) is 6.92 Å². The largest absolute Gasteiger partial charge is 0.375 e. The summed E-state index contributed by atoms with van der Waals surface area (Å²) in [5.41, 5.74) is 6.27. The molecule has 0 aromatic carbocycles. The van der Waals surface area contributed by atoms with Crippen LogP contribution in [0.4, 0.5) is 5.13 Å². The predicted molar refractivity (Wildman–Crippen MR) is 76.0 cm³/mol. The molecule has 1 amide bonds. The molecule has 0 fully saturated rings. The summed E-state index contributed by atoms with van der Waals surface area (Å²) in [7, 11) is 2.07. The fourth-order valence-corrected chi connectivity index (χ4v) is 2.34. The Morgan fingerprint density at radius 3 is 2.78 bits per heavy atom. The third-order valence-electron chi connectivity index (χ3n) is 3.11. The van der Waals surface area contributed by atoms with Crippen LogP contribution in [-0.2, 0) is 0 Å². The number of nitrogens with one attached hydrogen (secondary N) is 1. The zero-order valence-electron chi connectivity index (χ0n) is 11.5. The minimum absolute atomic E-state index is 0.0840. The smallest absolute Gasteiger partial charge is 0.263 e. The number of carbonyl (C=O) groups excluding carboxylic acids is 1. The van der Waals surface area contributed by atoms with Gasteiger partial charge in [0.2, 0.25) is 0 Å². The van der Waals surface area contributed by atoms with E-state index in [0.29, 0.717) is 28.3 Å². The highest BCUT2D eigenvalue weighted by molar-refractivity contribution is 7.17. The van der Waals surface area contributed by atoms with Gasteiger partial charge in [-0.15, -0.1) is 0 Å². The second-order valence-corrected chi connectivity index (χ2v) is 5.49. The van der Waals surface area contributed by atoms with Crippen LogP contribution in [0.25, 0.3) is 0 Å². The maximum Gasteiger partial charge on any atom is 0.263 e. The van der Waals surface area contributed by atoms with Crippen LogP contribution < -0.4 is 11.1 Å². The van der Waals surface area contributed by atoms with Crippen molar-refractivity contribution in [3.8, 4) is 0 Å². The molecular weight excluding hydrogens is 248 g/mol. The Morgan fingerprint density at radius 1 is 1.61 bits per heavy atom. The lowest BCUT2D eigenvalue weighted by Gasteiger charge is -2.23. The second-order valence-electron chi connectivity index (χ2n) is 4.46. The fraction of sp³-hybridized carbons (Fsp3) is 0.667. The zero-order chi connectivity index (χ0) is 13.7. The lowest BCUT2D eigenvalue weighted by Crippen LogP contribution is -2.37. The predicted octanol–water partition coefficient (Wildman–Crippen LogP) is 1.49. The number of rotatable bonds is 6. The molecule has 18 heavy (non-hydrogen) atoms. The van der Waals surface area contributed by atoms with E-state index in [0.717, 1.165) is 13.0 Å². The highest BCUT2D eigenvalue weighted by atomic mass is 32.1. The maximum absolute atomic E-state index is 11.9. The molecule has 6 heteroatoms. The molecule has 1 atom stereocenters. The number of thiazole rings is 1. The van der Waals surface area contributed by atoms with Gasteiger partial charge in [0.15, 0.2) is 5.13 Å². The van der Waals surface area contributed by atoms with Crippen molar-refractivity contribution in [3.05, 3.63) is 10.6 Å². The van der Waals surface area contributed by atoms with Gasteiger partial charge in [0.25, 0.3) is 5.91 Å². The number of nitrogens with two attached hydrogens (primary N) is 1. The Hall–Kier alpha value is -1.14. The molecule has 1 aromatic heterocycles. The highest BCUT2D eigenvalue weighted by Gasteiger charge is 2.14. The minimum Gasteiger partial charge on any atom is -0.375 e. The van der Waals surface area contributed by atoms with E-state index < -0.39 is 0 Å². The van der Waals surface area contributed by atoms with Crippen molar-refractivity contribution < 1.29 is 4.79 Å². The van der Waals surface area contributed by atoms with E-state index in [1.54, 1.807) is 6.92 Å². The van der Waals surface area contributed by atoms with Crippen LogP contribution in [0.5, 0.6) is 0 Å². The molecule has 1 unspecified atom stereocenters. The van der Waals surface area contributed by atoms with Crippen LogP contribution in [0.15, 0.2) is 0 Å². The van der Waals surface area contributed by atoms with Crippen molar-refractivity contribution in [3.63, 3.8) is 0 Å². The number of nitrogen functional groups attached to an aromatic ring is 1. The van der Waals surface area contributed by atoms with Crippen LogP contribution >= 0.6 is 11.3 Å². The lowest BCUT2D eigenvalue weighted by atomic mass is 10.2. The number of aryl methyl sites for hydroxylation is 1. The molecule has 0 saturated carbocycles. The molecule has 1 heterocycles. The zero-order valence-corrected chi connectivity index (χ0v) is 12.3. The highest BCUT2D eigenvalue weighted by Crippen LogP contribution is 2.19. The van der Waals surface area contributed by atoms with Gasteiger partial charge in [0.05, 0.1) is 5.69 Å². The van der Waals surface area contributed by atoms with Gasteiger partial charge >= 0.3 is 0 Å². The molecule has 1 aromatic rings. The summed E-state index contributed by atoms with van der Waals surface area (Å²) in [6.07, 6.45) is 1.11. The van der Waals surface area contributed by atoms with Gasteiger partial charge in [-0.05, 0) is 27.3 Å². The monoisotopic (exact) mass is 270 g/mol. The summed E-state index contributed by atoms with van der Waals surface area (Å²) in [6, 6.07) is 0.530. The molecule has 0 saturated heterocycles. The molecule has 0 radical (unpaired) electrons. The Morgan fingerprint density at radius 2 is 2.28 bits per heavy atom. The summed E-state index contributed by atoms with van der Waals surface area (Å²) >= 11 is 1.23. The Balaban J connectivity index is 2.40. The van der Waals surface area contributed by atoms with Gasteiger partial charge < -0.3 is 16.0 Å². The van der Waals surface area contributed by atoms with Crippen LogP contribution in [0.1, 0.15) is 35.6 Å². The first-order chi connectivity index (χ1) is 8.45. The van der Waals surface area contributed by atoms with Crippen LogP contribution in [0.2, 0.25) is 0 Å². The molecule has 0 aliphatic carbocycles. The standard InChI is InChI=1S/C12H22N4OS/c1-5-8(2)16(4)7-6-14-11(17)10-9(3)15-12(13)18-10/h8H,5-7H2,1-4H3,(H2,13,15)(H,14,17). The number of hydrogen-bond donors (Lipinski definition) is 2. The van der Waals surface area contributed by atoms with Crippen molar-refractivity contribution in [1.29, 1.82) is 0 Å². The van der Waals surface area contributed by atoms with Crippen LogP contribution in [0.3, 0.4) is 0 Å². The number of amides is 1. The molecule has 3 N–H and O–H groups in total. The fourth-order valence-electron chi connectivity index (χ4n) is 1.59. The van der Waals surface area contributed by atoms with Gasteiger partial charge in [0, 0.05) is 19.1 Å². The third-order valence-corrected chi connectivity index (χ3v) is 4.10. The number of aromatic nitrogens is 1. The average molecular weight is 270 g/mol. The maximum atomic E-state index is 11.9. The summed E-state index contributed by atoms with van der Waals surface area (Å²) in [6.45, 7) is 7.61. The van der Waals surface area contributed by atoms with E-state index in [2.05, 4.69) is 36.1 Å². The first-order valence-corrected chi connectivity index (χ1v) is 6.98. The van der Waals surface area contributed by atoms with E-state index in [1.807, 2.05) is 0 Å². The number of likely N-dealkylation sites (N-methyl/N-ethyl adjacent to an activating group) is 1. The first-order valence-electron chi connectivity index (χ1n) is 6.17. The lowest BCUT2D eigenvalue weighted by molar-refractivity contribution is 0.0950. The summed E-state index contributed by atoms with van der Waals surface area (Å²) in [4.78, 5) is 18.8. The minimum atomic E-state index is -0.0840. The molecule has 102 valence electrons. The first kappa shape index (κ1) is 14.9. The van der Waals surface area contributed by atoms with Crippen LogP contribution in [-0.4, -0.2) is 42.0 Å². The van der Waals surface area contributed by atoms with Crippen molar-refractivity contribution in [2.45, 2.75) is 33.2 Å². The number of hydrogen-bond acceptors (Lipinski definition) is 5. The molecule has 0 aliphatic rings. The van der Waals surface area contributed by atoms with Crippen molar-refractivity contribution in [1.82, 2.24) is 15.2 Å². The van der Waals surface area contributed by atoms with E-state index >= 15 is 0 Å². The van der Waals surface area contributed by atoms with Gasteiger partial charge in [-0.1, -0.05) is 18.3 Å². The van der Waals surface area contributed by atoms with Crippen molar-refractivity contribution >= 4 is 22.4 Å². The number of nitrogens with zero attached hydrogens (tertiary/aromatic N) is 2. The SMILES string of the molecule is CCC(C)N(C)CCNC(=O)c1sc(N)nc1C. The summed E-state index contributed by atoms with van der Waals surface area (Å²) < 4.78 is 0. The third kappa shape index (κ3) is 3.96. The quantitative estimate of drug-likeness (QED) is 0.821. The average Bonchev–Trinajstić information content (AvgIpc) is 2.67. The molecule has 5 nitrogen and oxygen atoms in total. The van der Waals surface area contributed by atoms with E-state index in [-0.39, 0.29) is 5.91 Å². The van der Waals surface area contributed by atoms with E-state index in [1.165, 1.54) is 11.3 Å². The van der Waals surface area contributed by atoms with Gasteiger partial charge in [-0.3, -0.25) is 4.79 Å².